The molecule has 190 valence electrons. The van der Waals surface area contributed by atoms with Crippen molar-refractivity contribution in [2.45, 2.75) is 25.3 Å². The quantitative estimate of drug-likeness (QED) is 0.377. The Hall–Kier alpha value is -4.05. The molecule has 0 radical (unpaired) electrons. The number of carboxylic acids is 1. The zero-order valence-corrected chi connectivity index (χ0v) is 20.5. The smallest absolute Gasteiger partial charge is 0.343 e. The van der Waals surface area contributed by atoms with E-state index in [1.165, 1.54) is 7.05 Å². The number of carbonyl (C=O) groups excluding carboxylic acids is 1. The van der Waals surface area contributed by atoms with Gasteiger partial charge < -0.3 is 24.0 Å². The number of urea groups is 1. The second kappa shape index (κ2) is 10.7. The number of ether oxygens (including phenoxy) is 2. The first kappa shape index (κ1) is 25.1. The molecule has 36 heavy (non-hydrogen) atoms. The van der Waals surface area contributed by atoms with Crippen LogP contribution in [0.25, 0.3) is 22.5 Å². The summed E-state index contributed by atoms with van der Waals surface area (Å²) in [7, 11) is 4.50. The molecule has 1 aliphatic rings. The average molecular weight is 495 g/mol. The van der Waals surface area contributed by atoms with E-state index < -0.39 is 12.0 Å². The lowest BCUT2D eigenvalue weighted by Gasteiger charge is -2.32. The molecule has 1 fully saturated rings. The molecule has 2 heterocycles. The molecule has 3 aromatic rings. The standard InChI is InChI=1S/C26H30N4O6/c1-28(34)26(33)29-14-12-19(13-15-29)25-27-23(17-4-8-20(35-2)9-5-17)24(30(25)16-22(31)32)18-6-10-21(36-3)11-7-18/h4-11,19,34H,12-16H2,1-3H3,(H,31,32). The molecule has 1 aliphatic heterocycles. The van der Waals surface area contributed by atoms with E-state index in [1.807, 2.05) is 48.5 Å². The Kier molecular flexibility index (Phi) is 7.44. The van der Waals surface area contributed by atoms with Crippen LogP contribution in [0.5, 0.6) is 11.5 Å². The number of amides is 2. The number of hydrogen-bond acceptors (Lipinski definition) is 6. The molecule has 4 rings (SSSR count). The highest BCUT2D eigenvalue weighted by molar-refractivity contribution is 5.81. The first-order chi connectivity index (χ1) is 17.3. The predicted molar refractivity (Wildman–Crippen MR) is 132 cm³/mol. The van der Waals surface area contributed by atoms with Crippen LogP contribution in [-0.4, -0.2) is 76.2 Å². The van der Waals surface area contributed by atoms with Gasteiger partial charge in [-0.15, -0.1) is 0 Å². The average Bonchev–Trinajstić information content (AvgIpc) is 3.26. The van der Waals surface area contributed by atoms with Crippen molar-refractivity contribution in [1.29, 1.82) is 0 Å². The number of aliphatic carboxylic acids is 1. The highest BCUT2D eigenvalue weighted by atomic mass is 16.5. The minimum atomic E-state index is -0.973. The van der Waals surface area contributed by atoms with Crippen molar-refractivity contribution < 1.29 is 29.4 Å². The summed E-state index contributed by atoms with van der Waals surface area (Å²) in [5.74, 6) is 1.04. The molecule has 2 amide bonds. The third-order valence-electron chi connectivity index (χ3n) is 6.42. The minimum absolute atomic E-state index is 0.0543. The van der Waals surface area contributed by atoms with Gasteiger partial charge in [-0.2, -0.15) is 0 Å². The van der Waals surface area contributed by atoms with Gasteiger partial charge in [0.25, 0.3) is 0 Å². The molecule has 0 saturated carbocycles. The molecule has 0 aliphatic carbocycles. The number of carbonyl (C=O) groups is 2. The number of imidazole rings is 1. The van der Waals surface area contributed by atoms with E-state index in [-0.39, 0.29) is 12.5 Å². The SMILES string of the molecule is COc1ccc(-c2nc(C3CCN(C(=O)N(C)O)CC3)n(CC(=O)O)c2-c2ccc(OC)cc2)cc1. The molecule has 1 aromatic heterocycles. The van der Waals surface area contributed by atoms with Gasteiger partial charge in [-0.3, -0.25) is 10.0 Å². The topological polar surface area (TPSA) is 117 Å². The highest BCUT2D eigenvalue weighted by Gasteiger charge is 2.31. The summed E-state index contributed by atoms with van der Waals surface area (Å²) in [6.07, 6.45) is 1.20. The Morgan fingerprint density at radius 3 is 1.97 bits per heavy atom. The van der Waals surface area contributed by atoms with Crippen LogP contribution >= 0.6 is 0 Å². The fraction of sp³-hybridized carbons (Fsp3) is 0.346. The van der Waals surface area contributed by atoms with Crippen LogP contribution in [0.2, 0.25) is 0 Å². The molecule has 1 saturated heterocycles. The molecule has 0 bridgehead atoms. The van der Waals surface area contributed by atoms with E-state index in [1.54, 1.807) is 23.7 Å². The lowest BCUT2D eigenvalue weighted by molar-refractivity contribution is -0.137. The van der Waals surface area contributed by atoms with Gasteiger partial charge in [0, 0.05) is 37.2 Å². The molecule has 0 atom stereocenters. The maximum absolute atomic E-state index is 12.2. The van der Waals surface area contributed by atoms with E-state index in [0.29, 0.717) is 59.7 Å². The van der Waals surface area contributed by atoms with Crippen molar-refractivity contribution in [2.24, 2.45) is 0 Å². The molecular weight excluding hydrogens is 464 g/mol. The Morgan fingerprint density at radius 1 is 0.972 bits per heavy atom. The number of hydrogen-bond donors (Lipinski definition) is 2. The summed E-state index contributed by atoms with van der Waals surface area (Å²) in [6.45, 7) is 0.618. The maximum atomic E-state index is 12.2. The fourth-order valence-corrected chi connectivity index (χ4v) is 4.60. The van der Waals surface area contributed by atoms with Gasteiger partial charge in [-0.05, 0) is 61.4 Å². The number of hydroxylamine groups is 2. The van der Waals surface area contributed by atoms with Crippen LogP contribution in [-0.2, 0) is 11.3 Å². The van der Waals surface area contributed by atoms with Gasteiger partial charge in [-0.1, -0.05) is 0 Å². The monoisotopic (exact) mass is 494 g/mol. The highest BCUT2D eigenvalue weighted by Crippen LogP contribution is 2.38. The van der Waals surface area contributed by atoms with Gasteiger partial charge in [0.1, 0.15) is 23.9 Å². The number of methoxy groups -OCH3 is 2. The normalized spacial score (nSPS) is 13.9. The summed E-state index contributed by atoms with van der Waals surface area (Å²) >= 11 is 0. The van der Waals surface area contributed by atoms with Crippen LogP contribution in [0.1, 0.15) is 24.6 Å². The van der Waals surface area contributed by atoms with Crippen LogP contribution in [0.3, 0.4) is 0 Å². The van der Waals surface area contributed by atoms with E-state index in [2.05, 4.69) is 0 Å². The first-order valence-electron chi connectivity index (χ1n) is 11.6. The van der Waals surface area contributed by atoms with Crippen LogP contribution in [0.4, 0.5) is 4.79 Å². The molecule has 0 unspecified atom stereocenters. The zero-order valence-electron chi connectivity index (χ0n) is 20.5. The van der Waals surface area contributed by atoms with Gasteiger partial charge in [0.2, 0.25) is 0 Å². The number of rotatable bonds is 7. The summed E-state index contributed by atoms with van der Waals surface area (Å²) in [5.41, 5.74) is 3.03. The van der Waals surface area contributed by atoms with Gasteiger partial charge in [0.15, 0.2) is 0 Å². The van der Waals surface area contributed by atoms with Gasteiger partial charge in [0.05, 0.1) is 25.6 Å². The van der Waals surface area contributed by atoms with Crippen LogP contribution in [0, 0.1) is 0 Å². The minimum Gasteiger partial charge on any atom is -0.497 e. The van der Waals surface area contributed by atoms with E-state index in [9.17, 15) is 19.9 Å². The van der Waals surface area contributed by atoms with Crippen LogP contribution in [0.15, 0.2) is 48.5 Å². The Bertz CT molecular complexity index is 1210. The van der Waals surface area contributed by atoms with Gasteiger partial charge >= 0.3 is 12.0 Å². The van der Waals surface area contributed by atoms with Crippen molar-refractivity contribution in [3.63, 3.8) is 0 Å². The molecule has 0 spiro atoms. The fourth-order valence-electron chi connectivity index (χ4n) is 4.60. The number of carboxylic acid groups (broad SMARTS) is 1. The lowest BCUT2D eigenvalue weighted by Crippen LogP contribution is -2.44. The van der Waals surface area contributed by atoms with Crippen molar-refractivity contribution >= 4 is 12.0 Å². The molecule has 10 nitrogen and oxygen atoms in total. The van der Waals surface area contributed by atoms with E-state index in [4.69, 9.17) is 14.5 Å². The largest absolute Gasteiger partial charge is 0.497 e. The summed E-state index contributed by atoms with van der Waals surface area (Å²) in [6, 6.07) is 14.5. The zero-order chi connectivity index (χ0) is 25.8. The van der Waals surface area contributed by atoms with Crippen molar-refractivity contribution in [3.8, 4) is 34.0 Å². The van der Waals surface area contributed by atoms with Crippen molar-refractivity contribution in [1.82, 2.24) is 19.5 Å². The summed E-state index contributed by atoms with van der Waals surface area (Å²) < 4.78 is 12.4. The van der Waals surface area contributed by atoms with E-state index in [0.717, 1.165) is 11.1 Å². The first-order valence-corrected chi connectivity index (χ1v) is 11.6. The van der Waals surface area contributed by atoms with Crippen LogP contribution < -0.4 is 9.47 Å². The predicted octanol–water partition coefficient (Wildman–Crippen LogP) is 3.94. The summed E-state index contributed by atoms with van der Waals surface area (Å²) in [4.78, 5) is 30.7. The third-order valence-corrected chi connectivity index (χ3v) is 6.42. The Balaban J connectivity index is 1.81. The number of aromatic nitrogens is 2. The van der Waals surface area contributed by atoms with Gasteiger partial charge in [-0.25, -0.2) is 14.8 Å². The molecular formula is C26H30N4O6. The second-order valence-corrected chi connectivity index (χ2v) is 8.67. The Labute approximate surface area is 209 Å². The number of nitrogens with zero attached hydrogens (tertiary/aromatic N) is 4. The number of benzene rings is 2. The Morgan fingerprint density at radius 2 is 1.50 bits per heavy atom. The van der Waals surface area contributed by atoms with Crippen molar-refractivity contribution in [2.75, 3.05) is 34.4 Å². The number of piperidine rings is 1. The number of likely N-dealkylation sites (tertiary alicyclic amines) is 1. The third kappa shape index (κ3) is 5.13. The van der Waals surface area contributed by atoms with E-state index >= 15 is 0 Å². The molecule has 10 heteroatoms. The second-order valence-electron chi connectivity index (χ2n) is 8.67. The molecule has 2 N–H and O–H groups in total. The summed E-state index contributed by atoms with van der Waals surface area (Å²) in [5, 5.41) is 19.9. The lowest BCUT2D eigenvalue weighted by atomic mass is 9.96. The molecule has 2 aromatic carbocycles. The maximum Gasteiger partial charge on any atom is 0.343 e. The van der Waals surface area contributed by atoms with Crippen molar-refractivity contribution in [3.05, 3.63) is 54.4 Å².